The smallest absolute Gasteiger partial charge is 0.243 e. The number of nitrogens with zero attached hydrogens (tertiary/aromatic N) is 1. The van der Waals surface area contributed by atoms with Gasteiger partial charge in [-0.05, 0) is 36.1 Å². The molecule has 0 aliphatic carbocycles. The van der Waals surface area contributed by atoms with Crippen LogP contribution in [-0.2, 0) is 14.8 Å². The maximum atomic E-state index is 12.8. The summed E-state index contributed by atoms with van der Waals surface area (Å²) in [4.78, 5) is 12.8. The first-order valence-electron chi connectivity index (χ1n) is 8.81. The lowest BCUT2D eigenvalue weighted by atomic mass is 10.0. The second kappa shape index (κ2) is 9.24. The normalized spacial score (nSPS) is 13.6. The van der Waals surface area contributed by atoms with Crippen LogP contribution in [0.3, 0.4) is 0 Å². The highest BCUT2D eigenvalue weighted by molar-refractivity contribution is 7.92. The first kappa shape index (κ1) is 21.3. The van der Waals surface area contributed by atoms with Crippen molar-refractivity contribution in [3.63, 3.8) is 0 Å². The predicted molar refractivity (Wildman–Crippen MR) is 111 cm³/mol. The summed E-state index contributed by atoms with van der Waals surface area (Å²) in [6.07, 6.45) is 1.43. The van der Waals surface area contributed by atoms with E-state index in [2.05, 4.69) is 5.32 Å². The highest BCUT2D eigenvalue weighted by Crippen LogP contribution is 2.25. The minimum absolute atomic E-state index is 0.116. The first-order valence-corrected chi connectivity index (χ1v) is 11.0. The van der Waals surface area contributed by atoms with Crippen LogP contribution in [-0.4, -0.2) is 33.2 Å². The van der Waals surface area contributed by atoms with Gasteiger partial charge in [0, 0.05) is 11.6 Å². The van der Waals surface area contributed by atoms with Crippen molar-refractivity contribution in [1.82, 2.24) is 5.32 Å². The third-order valence-corrected chi connectivity index (χ3v) is 5.76. The van der Waals surface area contributed by atoms with Gasteiger partial charge in [0.05, 0.1) is 11.9 Å². The zero-order valence-corrected chi connectivity index (χ0v) is 17.3. The van der Waals surface area contributed by atoms with E-state index in [1.165, 1.54) is 0 Å². The molecule has 2 aromatic carbocycles. The van der Waals surface area contributed by atoms with Crippen LogP contribution in [0.1, 0.15) is 31.7 Å². The molecule has 2 atom stereocenters. The van der Waals surface area contributed by atoms with Crippen molar-refractivity contribution >= 4 is 33.2 Å². The molecule has 27 heavy (non-hydrogen) atoms. The predicted octanol–water partition coefficient (Wildman–Crippen LogP) is 3.80. The molecule has 0 aliphatic rings. The minimum atomic E-state index is -3.67. The minimum Gasteiger partial charge on any atom is -0.354 e. The second-order valence-electron chi connectivity index (χ2n) is 6.52. The van der Waals surface area contributed by atoms with E-state index in [4.69, 9.17) is 11.6 Å². The first-order chi connectivity index (χ1) is 12.7. The van der Waals surface area contributed by atoms with Crippen LogP contribution in [0.2, 0.25) is 5.02 Å². The van der Waals surface area contributed by atoms with Crippen LogP contribution < -0.4 is 9.62 Å². The lowest BCUT2D eigenvalue weighted by molar-refractivity contribution is -0.122. The highest BCUT2D eigenvalue weighted by atomic mass is 35.5. The molecular weight excluding hydrogens is 384 g/mol. The second-order valence-corrected chi connectivity index (χ2v) is 8.82. The summed E-state index contributed by atoms with van der Waals surface area (Å²) >= 11 is 6.01. The van der Waals surface area contributed by atoms with E-state index in [0.29, 0.717) is 23.7 Å². The van der Waals surface area contributed by atoms with Gasteiger partial charge < -0.3 is 5.32 Å². The Hall–Kier alpha value is -2.05. The Labute approximate surface area is 166 Å². The molecule has 0 heterocycles. The largest absolute Gasteiger partial charge is 0.354 e. The van der Waals surface area contributed by atoms with Crippen molar-refractivity contribution < 1.29 is 13.2 Å². The molecule has 0 spiro atoms. The summed E-state index contributed by atoms with van der Waals surface area (Å²) in [5, 5.41) is 3.30. The van der Waals surface area contributed by atoms with E-state index in [0.717, 1.165) is 16.1 Å². The molecule has 2 rings (SSSR count). The van der Waals surface area contributed by atoms with Crippen LogP contribution in [0.4, 0.5) is 5.69 Å². The Morgan fingerprint density at radius 2 is 1.81 bits per heavy atom. The Morgan fingerprint density at radius 3 is 2.37 bits per heavy atom. The summed E-state index contributed by atoms with van der Waals surface area (Å²) in [6, 6.07) is 15.5. The standard InChI is InChI=1S/C20H25ClN2O3S/c1-4-19(20(24)22-14-15(2)16-9-6-5-7-10-16)23(27(3,25)26)18-12-8-11-17(21)13-18/h5-13,15,19H,4,14H2,1-3H3,(H,22,24)/t15-,19-/m1/s1. The Kier molecular flexibility index (Phi) is 7.27. The highest BCUT2D eigenvalue weighted by Gasteiger charge is 2.31. The van der Waals surface area contributed by atoms with Gasteiger partial charge in [0.1, 0.15) is 6.04 Å². The van der Waals surface area contributed by atoms with E-state index in [1.54, 1.807) is 31.2 Å². The molecule has 1 N–H and O–H groups in total. The number of halogens is 1. The fourth-order valence-corrected chi connectivity index (χ4v) is 4.33. The fourth-order valence-electron chi connectivity index (χ4n) is 2.94. The molecule has 0 unspecified atom stereocenters. The van der Waals surface area contributed by atoms with E-state index in [9.17, 15) is 13.2 Å². The third-order valence-electron chi connectivity index (χ3n) is 4.34. The summed E-state index contributed by atoms with van der Waals surface area (Å²) < 4.78 is 26.0. The molecular formula is C20H25ClN2O3S. The van der Waals surface area contributed by atoms with Crippen molar-refractivity contribution in [2.75, 3.05) is 17.1 Å². The van der Waals surface area contributed by atoms with Gasteiger partial charge in [-0.1, -0.05) is 61.8 Å². The molecule has 1 amide bonds. The number of carbonyl (C=O) groups excluding carboxylic acids is 1. The molecule has 0 radical (unpaired) electrons. The summed E-state index contributed by atoms with van der Waals surface area (Å²) in [5.74, 6) is -0.212. The monoisotopic (exact) mass is 408 g/mol. The molecule has 5 nitrogen and oxygen atoms in total. The van der Waals surface area contributed by atoms with Crippen LogP contribution in [0.15, 0.2) is 54.6 Å². The molecule has 7 heteroatoms. The number of carbonyl (C=O) groups is 1. The molecule has 0 bridgehead atoms. The topological polar surface area (TPSA) is 66.5 Å². The molecule has 146 valence electrons. The average molecular weight is 409 g/mol. The summed E-state index contributed by atoms with van der Waals surface area (Å²) in [6.45, 7) is 4.22. The lowest BCUT2D eigenvalue weighted by Gasteiger charge is -2.30. The number of hydrogen-bond donors (Lipinski definition) is 1. The van der Waals surface area contributed by atoms with Gasteiger partial charge in [0.15, 0.2) is 0 Å². The van der Waals surface area contributed by atoms with E-state index < -0.39 is 16.1 Å². The summed E-state index contributed by atoms with van der Waals surface area (Å²) in [5.41, 5.74) is 1.49. The van der Waals surface area contributed by atoms with Gasteiger partial charge in [0.25, 0.3) is 0 Å². The van der Waals surface area contributed by atoms with Crippen molar-refractivity contribution in [3.8, 4) is 0 Å². The molecule has 0 aromatic heterocycles. The fraction of sp³-hybridized carbons (Fsp3) is 0.350. The van der Waals surface area contributed by atoms with Crippen LogP contribution in [0, 0.1) is 0 Å². The number of nitrogens with one attached hydrogen (secondary N) is 1. The maximum absolute atomic E-state index is 12.8. The van der Waals surface area contributed by atoms with Gasteiger partial charge in [-0.3, -0.25) is 9.10 Å². The molecule has 2 aromatic rings. The molecule has 0 saturated heterocycles. The zero-order valence-electron chi connectivity index (χ0n) is 15.7. The lowest BCUT2D eigenvalue weighted by Crippen LogP contribution is -2.49. The van der Waals surface area contributed by atoms with Gasteiger partial charge in [0.2, 0.25) is 15.9 Å². The number of anilines is 1. The van der Waals surface area contributed by atoms with Gasteiger partial charge in [-0.2, -0.15) is 0 Å². The Balaban J connectivity index is 2.19. The van der Waals surface area contributed by atoms with E-state index in [-0.39, 0.29) is 11.8 Å². The number of rotatable bonds is 8. The van der Waals surface area contributed by atoms with Gasteiger partial charge in [-0.15, -0.1) is 0 Å². The van der Waals surface area contributed by atoms with Crippen LogP contribution in [0.25, 0.3) is 0 Å². The Morgan fingerprint density at radius 1 is 1.15 bits per heavy atom. The quantitative estimate of drug-likeness (QED) is 0.722. The number of sulfonamides is 1. The molecule has 0 fully saturated rings. The van der Waals surface area contributed by atoms with Crippen molar-refractivity contribution in [2.24, 2.45) is 0 Å². The number of hydrogen-bond acceptors (Lipinski definition) is 3. The van der Waals surface area contributed by atoms with Crippen molar-refractivity contribution in [2.45, 2.75) is 32.2 Å². The third kappa shape index (κ3) is 5.71. The average Bonchev–Trinajstić information content (AvgIpc) is 2.63. The van der Waals surface area contributed by atoms with Gasteiger partial charge in [-0.25, -0.2) is 8.42 Å². The van der Waals surface area contributed by atoms with Gasteiger partial charge >= 0.3 is 0 Å². The number of amides is 1. The Bertz CT molecular complexity index is 872. The molecule has 0 saturated carbocycles. The van der Waals surface area contributed by atoms with Crippen molar-refractivity contribution in [3.05, 3.63) is 65.2 Å². The van der Waals surface area contributed by atoms with E-state index >= 15 is 0 Å². The summed E-state index contributed by atoms with van der Waals surface area (Å²) in [7, 11) is -3.67. The van der Waals surface area contributed by atoms with Crippen LogP contribution >= 0.6 is 11.6 Å². The maximum Gasteiger partial charge on any atom is 0.243 e. The zero-order chi connectivity index (χ0) is 20.0. The molecule has 0 aliphatic heterocycles. The SMILES string of the molecule is CC[C@H](C(=O)NC[C@@H](C)c1ccccc1)N(c1cccc(Cl)c1)S(C)(=O)=O. The van der Waals surface area contributed by atoms with E-state index in [1.807, 2.05) is 37.3 Å². The van der Waals surface area contributed by atoms with Crippen LogP contribution in [0.5, 0.6) is 0 Å². The number of benzene rings is 2. The van der Waals surface area contributed by atoms with Crippen molar-refractivity contribution in [1.29, 1.82) is 0 Å².